The zero-order valence-corrected chi connectivity index (χ0v) is 6.97. The van der Waals surface area contributed by atoms with E-state index in [1.54, 1.807) is 6.92 Å². The van der Waals surface area contributed by atoms with E-state index < -0.39 is 29.9 Å². The second-order valence-electron chi connectivity index (χ2n) is 2.06. The Morgan fingerprint density at radius 3 is 2.67 bits per heavy atom. The van der Waals surface area contributed by atoms with E-state index in [4.69, 9.17) is 14.6 Å². The molecule has 0 aromatic rings. The first-order valence-electron chi connectivity index (χ1n) is 4.88. The minimum Gasteiger partial charge on any atom is -0.512 e. The van der Waals surface area contributed by atoms with Crippen LogP contribution >= 0.6 is 0 Å². The average molecular weight is 174 g/mol. The number of carbonyl (C=O) groups is 1. The third kappa shape index (κ3) is 2.74. The van der Waals surface area contributed by atoms with Crippen LogP contribution in [0.2, 0.25) is 0 Å². The summed E-state index contributed by atoms with van der Waals surface area (Å²) in [5.74, 6) is -1.53. The summed E-state index contributed by atoms with van der Waals surface area (Å²) in [5.41, 5.74) is -1.52. The van der Waals surface area contributed by atoms with Gasteiger partial charge in [-0.25, -0.2) is 4.79 Å². The van der Waals surface area contributed by atoms with Crippen molar-refractivity contribution in [1.29, 1.82) is 5.41 Å². The Bertz CT molecular complexity index is 303. The van der Waals surface area contributed by atoms with Crippen LogP contribution in [0.15, 0.2) is 11.3 Å². The quantitative estimate of drug-likeness (QED) is 0.294. The summed E-state index contributed by atoms with van der Waals surface area (Å²) in [7, 11) is 0. The Morgan fingerprint density at radius 1 is 1.75 bits per heavy atom. The van der Waals surface area contributed by atoms with E-state index in [0.717, 1.165) is 6.92 Å². The molecule has 0 heterocycles. The van der Waals surface area contributed by atoms with E-state index in [1.165, 1.54) is 0 Å². The van der Waals surface area contributed by atoms with Gasteiger partial charge in [-0.2, -0.15) is 0 Å². The normalized spacial score (nSPS) is 16.7. The molecular formula is C8H13NO3. The van der Waals surface area contributed by atoms with Crippen molar-refractivity contribution >= 4 is 11.7 Å². The molecular weight excluding hydrogens is 158 g/mol. The maximum Gasteiger partial charge on any atom is 0.343 e. The standard InChI is InChI=1S/C8H13NO3/c1-4-12-8(11)7(5(2)9)6(3)10/h9-10H,4H2,1-3H3/b7-6+,9-5?/i2D3. The van der Waals surface area contributed by atoms with E-state index in [1.807, 2.05) is 0 Å². The predicted octanol–water partition coefficient (Wildman–Crippen LogP) is 1.42. The van der Waals surface area contributed by atoms with Gasteiger partial charge in [0.05, 0.1) is 6.61 Å². The van der Waals surface area contributed by atoms with Gasteiger partial charge in [0.2, 0.25) is 0 Å². The Morgan fingerprint density at radius 2 is 2.33 bits per heavy atom. The van der Waals surface area contributed by atoms with Crippen molar-refractivity contribution in [3.63, 3.8) is 0 Å². The van der Waals surface area contributed by atoms with Gasteiger partial charge in [0.25, 0.3) is 0 Å². The number of aliphatic hydroxyl groups excluding tert-OH is 1. The third-order valence-electron chi connectivity index (χ3n) is 1.09. The summed E-state index contributed by atoms with van der Waals surface area (Å²) in [4.78, 5) is 11.2. The number of aliphatic hydroxyl groups is 1. The molecule has 0 aromatic carbocycles. The highest BCUT2D eigenvalue weighted by Crippen LogP contribution is 2.05. The zero-order chi connectivity index (χ0) is 12.2. The topological polar surface area (TPSA) is 70.4 Å². The number of carbonyl (C=O) groups excluding carboxylic acids is 1. The van der Waals surface area contributed by atoms with Crippen molar-refractivity contribution in [3.8, 4) is 0 Å². The largest absolute Gasteiger partial charge is 0.512 e. The van der Waals surface area contributed by atoms with Crippen LogP contribution in [0, 0.1) is 5.41 Å². The van der Waals surface area contributed by atoms with Gasteiger partial charge in [0.15, 0.2) is 0 Å². The molecule has 0 unspecified atom stereocenters. The third-order valence-corrected chi connectivity index (χ3v) is 1.09. The van der Waals surface area contributed by atoms with Gasteiger partial charge in [-0.15, -0.1) is 0 Å². The molecule has 12 heavy (non-hydrogen) atoms. The summed E-state index contributed by atoms with van der Waals surface area (Å²) in [6.45, 7) is -0.0241. The van der Waals surface area contributed by atoms with E-state index in [9.17, 15) is 4.79 Å². The smallest absolute Gasteiger partial charge is 0.343 e. The van der Waals surface area contributed by atoms with Gasteiger partial charge in [-0.1, -0.05) is 0 Å². The van der Waals surface area contributed by atoms with Crippen LogP contribution in [-0.4, -0.2) is 23.4 Å². The fraction of sp³-hybridized carbons (Fsp3) is 0.500. The predicted molar refractivity (Wildman–Crippen MR) is 45.4 cm³/mol. The summed E-state index contributed by atoms with van der Waals surface area (Å²) in [6, 6.07) is 0. The van der Waals surface area contributed by atoms with Crippen LogP contribution in [0.3, 0.4) is 0 Å². The fourth-order valence-corrected chi connectivity index (χ4v) is 0.634. The van der Waals surface area contributed by atoms with Crippen molar-refractivity contribution in [3.05, 3.63) is 11.3 Å². The molecule has 0 spiro atoms. The number of hydrogen-bond acceptors (Lipinski definition) is 4. The molecule has 0 fully saturated rings. The van der Waals surface area contributed by atoms with E-state index in [-0.39, 0.29) is 6.61 Å². The minimum absolute atomic E-state index is 0.0455. The maximum absolute atomic E-state index is 11.2. The molecule has 0 radical (unpaired) electrons. The lowest BCUT2D eigenvalue weighted by molar-refractivity contribution is -0.138. The number of hydrogen-bond donors (Lipinski definition) is 2. The van der Waals surface area contributed by atoms with Gasteiger partial charge in [-0.05, 0) is 20.7 Å². The molecule has 0 aliphatic heterocycles. The molecule has 0 amide bonds. The molecule has 0 saturated heterocycles. The Hall–Kier alpha value is -1.32. The summed E-state index contributed by atoms with van der Waals surface area (Å²) >= 11 is 0. The highest BCUT2D eigenvalue weighted by molar-refractivity contribution is 6.17. The first kappa shape index (κ1) is 6.22. The van der Waals surface area contributed by atoms with Crippen LogP contribution in [0.25, 0.3) is 0 Å². The zero-order valence-electron chi connectivity index (χ0n) is 9.97. The van der Waals surface area contributed by atoms with Crippen LogP contribution < -0.4 is 0 Å². The summed E-state index contributed by atoms with van der Waals surface area (Å²) < 4.78 is 25.4. The highest BCUT2D eigenvalue weighted by atomic mass is 16.5. The minimum atomic E-state index is -2.74. The van der Waals surface area contributed by atoms with E-state index in [0.29, 0.717) is 0 Å². The Kier molecular flexibility index (Phi) is 2.35. The Balaban J connectivity index is 5.13. The van der Waals surface area contributed by atoms with Crippen LogP contribution in [0.1, 0.15) is 24.8 Å². The summed E-state index contributed by atoms with van der Waals surface area (Å²) in [5, 5.41) is 16.4. The molecule has 0 aliphatic carbocycles. The fourth-order valence-electron chi connectivity index (χ4n) is 0.634. The van der Waals surface area contributed by atoms with E-state index >= 15 is 0 Å². The maximum atomic E-state index is 11.2. The van der Waals surface area contributed by atoms with Crippen LogP contribution in [-0.2, 0) is 9.53 Å². The number of nitrogens with one attached hydrogen (secondary N) is 1. The molecule has 0 aromatic heterocycles. The van der Waals surface area contributed by atoms with Crippen LogP contribution in [0.4, 0.5) is 0 Å². The molecule has 2 N–H and O–H groups in total. The number of rotatable bonds is 3. The Labute approximate surface area is 75.6 Å². The number of ether oxygens (including phenoxy) is 1. The van der Waals surface area contributed by atoms with Crippen molar-refractivity contribution < 1.29 is 18.8 Å². The molecule has 4 nitrogen and oxygen atoms in total. The second-order valence-corrected chi connectivity index (χ2v) is 2.06. The van der Waals surface area contributed by atoms with Gasteiger partial charge in [-0.3, -0.25) is 0 Å². The molecule has 0 rings (SSSR count). The van der Waals surface area contributed by atoms with Crippen molar-refractivity contribution in [2.24, 2.45) is 0 Å². The molecule has 0 aliphatic rings. The van der Waals surface area contributed by atoms with Gasteiger partial charge >= 0.3 is 5.97 Å². The molecule has 0 atom stereocenters. The SMILES string of the molecule is [2H]C([2H])([2H])C(=N)/C(C(=O)OCC)=C(/C)O. The van der Waals surface area contributed by atoms with Crippen molar-refractivity contribution in [1.82, 2.24) is 0 Å². The van der Waals surface area contributed by atoms with Crippen LogP contribution in [0.5, 0.6) is 0 Å². The van der Waals surface area contributed by atoms with Gasteiger partial charge < -0.3 is 15.3 Å². The first-order valence-corrected chi connectivity index (χ1v) is 3.38. The average Bonchev–Trinajstić information content (AvgIpc) is 2.02. The lowest BCUT2D eigenvalue weighted by Gasteiger charge is -2.05. The summed E-state index contributed by atoms with van der Waals surface area (Å²) in [6.07, 6.45) is 0. The van der Waals surface area contributed by atoms with Crippen molar-refractivity contribution in [2.75, 3.05) is 6.61 Å². The monoisotopic (exact) mass is 174 g/mol. The molecule has 0 bridgehead atoms. The highest BCUT2D eigenvalue weighted by Gasteiger charge is 2.15. The van der Waals surface area contributed by atoms with E-state index in [2.05, 4.69) is 4.74 Å². The first-order chi connectivity index (χ1) is 6.71. The number of allylic oxidation sites excluding steroid dienone is 1. The molecule has 0 saturated carbocycles. The second kappa shape index (κ2) is 4.54. The number of esters is 1. The lowest BCUT2D eigenvalue weighted by Crippen LogP contribution is -2.15. The molecule has 68 valence electrons. The van der Waals surface area contributed by atoms with Gasteiger partial charge in [0.1, 0.15) is 11.3 Å². The lowest BCUT2D eigenvalue weighted by atomic mass is 10.1. The van der Waals surface area contributed by atoms with Crippen molar-refractivity contribution in [2.45, 2.75) is 20.7 Å². The van der Waals surface area contributed by atoms with Gasteiger partial charge in [0, 0.05) is 9.82 Å². The molecule has 4 heteroatoms.